The van der Waals surface area contributed by atoms with Crippen LogP contribution in [0.3, 0.4) is 0 Å². The third-order valence-corrected chi connectivity index (χ3v) is 7.00. The molecule has 0 fully saturated rings. The summed E-state index contributed by atoms with van der Waals surface area (Å²) in [5.41, 5.74) is 4.12. The second-order valence-corrected chi connectivity index (χ2v) is 10.2. The monoisotopic (exact) mass is 414 g/mol. The Morgan fingerprint density at radius 1 is 1.43 bits per heavy atom. The fourth-order valence-corrected chi connectivity index (χ4v) is 5.03. The Labute approximate surface area is 175 Å². The summed E-state index contributed by atoms with van der Waals surface area (Å²) >= 11 is 2.91. The molecule has 148 valence electrons. The lowest BCUT2D eigenvalue weighted by Gasteiger charge is -2.34. The van der Waals surface area contributed by atoms with Crippen molar-refractivity contribution in [2.75, 3.05) is 11.1 Å². The highest BCUT2D eigenvalue weighted by molar-refractivity contribution is 7.99. The Hall–Kier alpha value is -1.91. The Balaban J connectivity index is 1.62. The van der Waals surface area contributed by atoms with Gasteiger partial charge in [-0.1, -0.05) is 20.8 Å². The van der Waals surface area contributed by atoms with E-state index in [4.69, 9.17) is 4.98 Å². The number of fused-ring (bicyclic) bond motifs is 1. The van der Waals surface area contributed by atoms with E-state index in [9.17, 15) is 10.1 Å². The van der Waals surface area contributed by atoms with Gasteiger partial charge in [0, 0.05) is 23.2 Å². The normalized spacial score (nSPS) is 16.3. The topological polar surface area (TPSA) is 78.7 Å². The first-order valence-corrected chi connectivity index (χ1v) is 11.4. The number of aryl methyl sites for hydroxylation is 2. The van der Waals surface area contributed by atoms with Gasteiger partial charge in [-0.2, -0.15) is 5.26 Å². The average Bonchev–Trinajstić information content (AvgIpc) is 3.04. The second-order valence-electron chi connectivity index (χ2n) is 8.31. The van der Waals surface area contributed by atoms with E-state index in [1.54, 1.807) is 0 Å². The number of thioether (sulfide) groups is 1. The van der Waals surface area contributed by atoms with Gasteiger partial charge in [0.05, 0.1) is 11.3 Å². The van der Waals surface area contributed by atoms with Crippen LogP contribution < -0.4 is 5.32 Å². The van der Waals surface area contributed by atoms with Gasteiger partial charge in [-0.05, 0) is 49.1 Å². The highest BCUT2D eigenvalue weighted by Crippen LogP contribution is 2.38. The van der Waals surface area contributed by atoms with E-state index >= 15 is 0 Å². The highest BCUT2D eigenvalue weighted by Gasteiger charge is 2.30. The molecule has 28 heavy (non-hydrogen) atoms. The van der Waals surface area contributed by atoms with Gasteiger partial charge < -0.3 is 5.32 Å². The number of nitrogens with zero attached hydrogens (tertiary/aromatic N) is 3. The Bertz CT molecular complexity index is 908. The molecule has 0 aromatic carbocycles. The minimum Gasteiger partial charge on any atom is -0.302 e. The van der Waals surface area contributed by atoms with Crippen molar-refractivity contribution in [3.8, 4) is 6.07 Å². The number of aromatic nitrogens is 2. The first-order chi connectivity index (χ1) is 13.3. The fourth-order valence-electron chi connectivity index (χ4n) is 3.41. The number of hydrogen-bond donors (Lipinski definition) is 1. The minimum absolute atomic E-state index is 0.0636. The van der Waals surface area contributed by atoms with Gasteiger partial charge >= 0.3 is 0 Å². The number of amides is 1. The number of nitriles is 1. The van der Waals surface area contributed by atoms with Gasteiger partial charge in [0.2, 0.25) is 5.91 Å². The number of carbonyl (C=O) groups is 1. The third kappa shape index (κ3) is 5.12. The van der Waals surface area contributed by atoms with E-state index in [2.05, 4.69) is 37.1 Å². The molecule has 3 rings (SSSR count). The zero-order chi connectivity index (χ0) is 20.3. The SMILES string of the molecule is Cc1csc(NC(=O)CCSc2nc3c(cc2C#N)CC(C(C)(C)C)CC3)n1. The lowest BCUT2D eigenvalue weighted by atomic mass is 9.71. The lowest BCUT2D eigenvalue weighted by molar-refractivity contribution is -0.115. The first kappa shape index (κ1) is 20.8. The summed E-state index contributed by atoms with van der Waals surface area (Å²) in [6, 6.07) is 4.30. The molecule has 0 bridgehead atoms. The van der Waals surface area contributed by atoms with Gasteiger partial charge in [0.1, 0.15) is 11.1 Å². The number of nitrogens with one attached hydrogen (secondary N) is 1. The maximum Gasteiger partial charge on any atom is 0.226 e. The molecule has 0 spiro atoms. The van der Waals surface area contributed by atoms with Crippen molar-refractivity contribution in [1.29, 1.82) is 5.26 Å². The predicted molar refractivity (Wildman–Crippen MR) is 115 cm³/mol. The van der Waals surface area contributed by atoms with E-state index in [0.29, 0.717) is 28.8 Å². The maximum atomic E-state index is 12.1. The van der Waals surface area contributed by atoms with Crippen molar-refractivity contribution in [1.82, 2.24) is 9.97 Å². The zero-order valence-corrected chi connectivity index (χ0v) is 18.5. The number of rotatable bonds is 5. The second kappa shape index (κ2) is 8.62. The average molecular weight is 415 g/mol. The number of pyridine rings is 1. The summed E-state index contributed by atoms with van der Waals surface area (Å²) in [6.45, 7) is 8.74. The molecule has 1 atom stereocenters. The van der Waals surface area contributed by atoms with Crippen LogP contribution in [0.15, 0.2) is 16.5 Å². The van der Waals surface area contributed by atoms with Crippen LogP contribution in [0.1, 0.15) is 56.1 Å². The first-order valence-electron chi connectivity index (χ1n) is 9.54. The molecular formula is C21H26N4OS2. The zero-order valence-electron chi connectivity index (χ0n) is 16.8. The van der Waals surface area contributed by atoms with E-state index < -0.39 is 0 Å². The summed E-state index contributed by atoms with van der Waals surface area (Å²) in [6.07, 6.45) is 3.44. The molecule has 1 unspecified atom stereocenters. The van der Waals surface area contributed by atoms with Crippen LogP contribution in [0, 0.1) is 29.6 Å². The summed E-state index contributed by atoms with van der Waals surface area (Å²) in [5, 5.41) is 15.7. The van der Waals surface area contributed by atoms with E-state index in [0.717, 1.165) is 35.7 Å². The van der Waals surface area contributed by atoms with Gasteiger partial charge in [0.15, 0.2) is 5.13 Å². The summed E-state index contributed by atoms with van der Waals surface area (Å²) in [5.74, 6) is 1.14. The van der Waals surface area contributed by atoms with E-state index in [1.165, 1.54) is 28.7 Å². The third-order valence-electron chi connectivity index (χ3n) is 5.13. The van der Waals surface area contributed by atoms with Crippen molar-refractivity contribution in [3.05, 3.63) is 34.0 Å². The van der Waals surface area contributed by atoms with Gasteiger partial charge in [-0.3, -0.25) is 4.79 Å². The fraction of sp³-hybridized carbons (Fsp3) is 0.524. The molecule has 1 amide bonds. The molecule has 1 N–H and O–H groups in total. The molecular weight excluding hydrogens is 388 g/mol. The molecule has 2 aromatic rings. The van der Waals surface area contributed by atoms with Crippen LogP contribution in [0.25, 0.3) is 0 Å². The van der Waals surface area contributed by atoms with Gasteiger partial charge in [-0.15, -0.1) is 23.1 Å². The Kier molecular flexibility index (Phi) is 6.41. The Morgan fingerprint density at radius 3 is 2.86 bits per heavy atom. The maximum absolute atomic E-state index is 12.1. The smallest absolute Gasteiger partial charge is 0.226 e. The van der Waals surface area contributed by atoms with Crippen molar-refractivity contribution >= 4 is 34.1 Å². The van der Waals surface area contributed by atoms with E-state index in [1.807, 2.05) is 18.4 Å². The van der Waals surface area contributed by atoms with Crippen molar-refractivity contribution in [3.63, 3.8) is 0 Å². The molecule has 2 aromatic heterocycles. The van der Waals surface area contributed by atoms with Crippen LogP contribution in [-0.2, 0) is 17.6 Å². The molecule has 5 nitrogen and oxygen atoms in total. The largest absolute Gasteiger partial charge is 0.302 e. The molecule has 7 heteroatoms. The van der Waals surface area contributed by atoms with Crippen LogP contribution >= 0.6 is 23.1 Å². The predicted octanol–water partition coefficient (Wildman–Crippen LogP) is 4.99. The minimum atomic E-state index is -0.0636. The Morgan fingerprint density at radius 2 is 2.21 bits per heavy atom. The molecule has 0 saturated heterocycles. The van der Waals surface area contributed by atoms with Crippen molar-refractivity contribution in [2.45, 2.75) is 58.4 Å². The van der Waals surface area contributed by atoms with Crippen molar-refractivity contribution < 1.29 is 4.79 Å². The van der Waals surface area contributed by atoms with Gasteiger partial charge in [0.25, 0.3) is 0 Å². The molecule has 0 radical (unpaired) electrons. The molecule has 1 aliphatic rings. The highest BCUT2D eigenvalue weighted by atomic mass is 32.2. The quantitative estimate of drug-likeness (QED) is 0.697. The number of anilines is 1. The standard InChI is InChI=1S/C21H26N4OS2/c1-13-12-28-20(23-13)25-18(26)7-8-27-19-15(11-22)9-14-10-16(21(2,3)4)5-6-17(14)24-19/h9,12,16H,5-8,10H2,1-4H3,(H,23,25,26). The summed E-state index contributed by atoms with van der Waals surface area (Å²) in [4.78, 5) is 21.1. The summed E-state index contributed by atoms with van der Waals surface area (Å²) < 4.78 is 0. The number of hydrogen-bond acceptors (Lipinski definition) is 6. The number of carbonyl (C=O) groups excluding carboxylic acids is 1. The molecule has 1 aliphatic carbocycles. The lowest BCUT2D eigenvalue weighted by Crippen LogP contribution is -2.27. The van der Waals surface area contributed by atoms with Crippen LogP contribution in [0.5, 0.6) is 0 Å². The van der Waals surface area contributed by atoms with E-state index in [-0.39, 0.29) is 11.3 Å². The molecule has 0 saturated carbocycles. The van der Waals surface area contributed by atoms with Crippen LogP contribution in [0.2, 0.25) is 0 Å². The van der Waals surface area contributed by atoms with Crippen LogP contribution in [-0.4, -0.2) is 21.6 Å². The summed E-state index contributed by atoms with van der Waals surface area (Å²) in [7, 11) is 0. The number of thiazole rings is 1. The molecule has 2 heterocycles. The van der Waals surface area contributed by atoms with Crippen molar-refractivity contribution in [2.24, 2.45) is 11.3 Å². The molecule has 0 aliphatic heterocycles. The van der Waals surface area contributed by atoms with Gasteiger partial charge in [-0.25, -0.2) is 9.97 Å². The van der Waals surface area contributed by atoms with Crippen LogP contribution in [0.4, 0.5) is 5.13 Å².